The Morgan fingerprint density at radius 2 is 1.74 bits per heavy atom. The molecule has 1 atom stereocenters. The second-order valence-corrected chi connectivity index (χ2v) is 6.87. The molecule has 0 saturated heterocycles. The highest BCUT2D eigenvalue weighted by Crippen LogP contribution is 2.27. The van der Waals surface area contributed by atoms with Crippen LogP contribution in [0.1, 0.15) is 32.5 Å². The van der Waals surface area contributed by atoms with Crippen molar-refractivity contribution in [2.45, 2.75) is 37.0 Å². The van der Waals surface area contributed by atoms with Gasteiger partial charge in [0.25, 0.3) is 5.56 Å². The molecule has 1 N–H and O–H groups in total. The van der Waals surface area contributed by atoms with Gasteiger partial charge in [0.2, 0.25) is 0 Å². The topological polar surface area (TPSA) is 107 Å². The van der Waals surface area contributed by atoms with Gasteiger partial charge in [-0.25, -0.2) is 14.8 Å². The molecular weight excluding hydrogens is 320 g/mol. The maximum Gasteiger partial charge on any atom is 0.332 e. The van der Waals surface area contributed by atoms with E-state index in [1.54, 1.807) is 0 Å². The maximum absolute atomic E-state index is 12.5. The van der Waals surface area contributed by atoms with Crippen LogP contribution in [0.15, 0.2) is 14.6 Å². The van der Waals surface area contributed by atoms with Crippen LogP contribution in [-0.2, 0) is 18.9 Å². The SMILES string of the molecule is CC(C)c1nc(S[C@@H](C)C(=O)O)c2c(=O)n(C)c(=O)n(C)c2n1. The van der Waals surface area contributed by atoms with Crippen LogP contribution in [0.3, 0.4) is 0 Å². The van der Waals surface area contributed by atoms with Crippen LogP contribution in [0.2, 0.25) is 0 Å². The Kier molecular flexibility index (Phi) is 4.60. The van der Waals surface area contributed by atoms with Gasteiger partial charge in [0.15, 0.2) is 5.65 Å². The van der Waals surface area contributed by atoms with E-state index in [1.807, 2.05) is 13.8 Å². The van der Waals surface area contributed by atoms with Crippen LogP contribution >= 0.6 is 11.8 Å². The van der Waals surface area contributed by atoms with Crippen LogP contribution in [-0.4, -0.2) is 35.4 Å². The van der Waals surface area contributed by atoms with E-state index in [0.717, 1.165) is 16.3 Å². The molecule has 0 aliphatic carbocycles. The Morgan fingerprint density at radius 1 is 1.13 bits per heavy atom. The number of aromatic nitrogens is 4. The second kappa shape index (κ2) is 6.15. The highest BCUT2D eigenvalue weighted by atomic mass is 32.2. The van der Waals surface area contributed by atoms with Crippen molar-refractivity contribution in [3.05, 3.63) is 26.7 Å². The molecule has 0 saturated carbocycles. The molecule has 0 aromatic carbocycles. The first-order chi connectivity index (χ1) is 10.6. The Labute approximate surface area is 136 Å². The minimum absolute atomic E-state index is 0.0296. The molecule has 8 nitrogen and oxygen atoms in total. The Morgan fingerprint density at radius 3 is 2.26 bits per heavy atom. The largest absolute Gasteiger partial charge is 0.480 e. The van der Waals surface area contributed by atoms with E-state index in [1.165, 1.54) is 25.6 Å². The van der Waals surface area contributed by atoms with Gasteiger partial charge in [0, 0.05) is 20.0 Å². The molecule has 0 aliphatic heterocycles. The van der Waals surface area contributed by atoms with Gasteiger partial charge in [-0.15, -0.1) is 0 Å². The number of rotatable bonds is 4. The zero-order valence-electron chi connectivity index (χ0n) is 13.5. The van der Waals surface area contributed by atoms with E-state index in [4.69, 9.17) is 5.11 Å². The van der Waals surface area contributed by atoms with E-state index in [9.17, 15) is 14.4 Å². The molecule has 2 aromatic heterocycles. The van der Waals surface area contributed by atoms with Crippen LogP contribution < -0.4 is 11.2 Å². The van der Waals surface area contributed by atoms with E-state index in [0.29, 0.717) is 5.82 Å². The molecule has 0 spiro atoms. The summed E-state index contributed by atoms with van der Waals surface area (Å²) in [6.07, 6.45) is 0. The first-order valence-corrected chi connectivity index (χ1v) is 7.90. The number of aliphatic carboxylic acids is 1. The lowest BCUT2D eigenvalue weighted by atomic mass is 10.2. The predicted octanol–water partition coefficient (Wildman–Crippen LogP) is 0.716. The third kappa shape index (κ3) is 3.00. The lowest BCUT2D eigenvalue weighted by Crippen LogP contribution is -2.38. The summed E-state index contributed by atoms with van der Waals surface area (Å²) in [5.74, 6) is -0.576. The first kappa shape index (κ1) is 17.2. The Bertz CT molecular complexity index is 900. The summed E-state index contributed by atoms with van der Waals surface area (Å²) in [6, 6.07) is 0. The van der Waals surface area contributed by atoms with Gasteiger partial charge in [-0.2, -0.15) is 0 Å². The molecule has 23 heavy (non-hydrogen) atoms. The lowest BCUT2D eigenvalue weighted by Gasteiger charge is -2.14. The van der Waals surface area contributed by atoms with Crippen molar-refractivity contribution >= 4 is 28.8 Å². The summed E-state index contributed by atoms with van der Waals surface area (Å²) in [7, 11) is 2.89. The number of thioether (sulfide) groups is 1. The summed E-state index contributed by atoms with van der Waals surface area (Å²) >= 11 is 0.971. The molecule has 9 heteroatoms. The molecule has 0 bridgehead atoms. The van der Waals surface area contributed by atoms with E-state index < -0.39 is 22.5 Å². The highest BCUT2D eigenvalue weighted by Gasteiger charge is 2.22. The van der Waals surface area contributed by atoms with Gasteiger partial charge in [-0.05, 0) is 6.92 Å². The molecule has 0 fully saturated rings. The number of carboxylic acid groups (broad SMARTS) is 1. The van der Waals surface area contributed by atoms with Crippen molar-refractivity contribution in [1.29, 1.82) is 0 Å². The number of hydrogen-bond acceptors (Lipinski definition) is 6. The van der Waals surface area contributed by atoms with Crippen molar-refractivity contribution in [2.24, 2.45) is 14.1 Å². The average molecular weight is 338 g/mol. The van der Waals surface area contributed by atoms with E-state index in [-0.39, 0.29) is 22.0 Å². The standard InChI is InChI=1S/C14H18N4O4S/c1-6(2)9-15-10-8(11(16-9)23-7(3)13(20)21)12(19)18(5)14(22)17(10)4/h6-7H,1-5H3,(H,20,21)/t7-/m0/s1. The summed E-state index contributed by atoms with van der Waals surface area (Å²) in [5, 5.41) is 8.78. The minimum atomic E-state index is -1.01. The normalized spacial score (nSPS) is 12.8. The molecule has 0 aliphatic rings. The van der Waals surface area contributed by atoms with Gasteiger partial charge in [-0.1, -0.05) is 25.6 Å². The van der Waals surface area contributed by atoms with Crippen LogP contribution in [0.25, 0.3) is 11.0 Å². The number of aryl methyl sites for hydroxylation is 1. The quantitative estimate of drug-likeness (QED) is 0.646. The van der Waals surface area contributed by atoms with Crippen molar-refractivity contribution in [3.8, 4) is 0 Å². The number of nitrogens with zero attached hydrogens (tertiary/aromatic N) is 4. The van der Waals surface area contributed by atoms with Gasteiger partial charge < -0.3 is 5.11 Å². The van der Waals surface area contributed by atoms with Gasteiger partial charge in [0.05, 0.1) is 0 Å². The summed E-state index contributed by atoms with van der Waals surface area (Å²) in [6.45, 7) is 5.28. The highest BCUT2D eigenvalue weighted by molar-refractivity contribution is 8.00. The molecule has 2 heterocycles. The second-order valence-electron chi connectivity index (χ2n) is 5.54. The Balaban J connectivity index is 2.90. The lowest BCUT2D eigenvalue weighted by molar-refractivity contribution is -0.136. The molecule has 124 valence electrons. The predicted molar refractivity (Wildman–Crippen MR) is 87.1 cm³/mol. The zero-order valence-corrected chi connectivity index (χ0v) is 14.3. The monoisotopic (exact) mass is 338 g/mol. The molecule has 2 rings (SSSR count). The smallest absolute Gasteiger partial charge is 0.332 e. The zero-order chi connectivity index (χ0) is 17.5. The number of hydrogen-bond donors (Lipinski definition) is 1. The molecule has 0 unspecified atom stereocenters. The first-order valence-electron chi connectivity index (χ1n) is 7.02. The summed E-state index contributed by atoms with van der Waals surface area (Å²) in [5.41, 5.74) is -0.798. The summed E-state index contributed by atoms with van der Waals surface area (Å²) < 4.78 is 2.25. The third-order valence-electron chi connectivity index (χ3n) is 3.44. The fourth-order valence-electron chi connectivity index (χ4n) is 2.01. The third-order valence-corrected chi connectivity index (χ3v) is 4.51. The van der Waals surface area contributed by atoms with Gasteiger partial charge in [-0.3, -0.25) is 18.7 Å². The number of carbonyl (C=O) groups is 1. The van der Waals surface area contributed by atoms with Gasteiger partial charge in [0.1, 0.15) is 21.5 Å². The fourth-order valence-corrected chi connectivity index (χ4v) is 2.88. The van der Waals surface area contributed by atoms with Gasteiger partial charge >= 0.3 is 11.7 Å². The number of carboxylic acids is 1. The fraction of sp³-hybridized carbons (Fsp3) is 0.500. The maximum atomic E-state index is 12.5. The minimum Gasteiger partial charge on any atom is -0.480 e. The molecule has 2 aromatic rings. The van der Waals surface area contributed by atoms with Crippen molar-refractivity contribution < 1.29 is 9.90 Å². The molecule has 0 amide bonds. The van der Waals surface area contributed by atoms with E-state index in [2.05, 4.69) is 9.97 Å². The molecule has 0 radical (unpaired) electrons. The van der Waals surface area contributed by atoms with Crippen molar-refractivity contribution in [1.82, 2.24) is 19.1 Å². The number of fused-ring (bicyclic) bond motifs is 1. The van der Waals surface area contributed by atoms with Crippen LogP contribution in [0.4, 0.5) is 0 Å². The van der Waals surface area contributed by atoms with Crippen molar-refractivity contribution in [2.75, 3.05) is 0 Å². The average Bonchev–Trinajstić information content (AvgIpc) is 2.49. The van der Waals surface area contributed by atoms with Crippen LogP contribution in [0, 0.1) is 0 Å². The van der Waals surface area contributed by atoms with E-state index >= 15 is 0 Å². The Hall–Kier alpha value is -2.16. The van der Waals surface area contributed by atoms with Crippen molar-refractivity contribution in [3.63, 3.8) is 0 Å². The molecular formula is C14H18N4O4S. The van der Waals surface area contributed by atoms with Crippen LogP contribution in [0.5, 0.6) is 0 Å². The summed E-state index contributed by atoms with van der Waals surface area (Å²) in [4.78, 5) is 44.4.